The van der Waals surface area contributed by atoms with Crippen LogP contribution in [0.1, 0.15) is 105 Å². The van der Waals surface area contributed by atoms with Gasteiger partial charge in [0, 0.05) is 28.1 Å². The van der Waals surface area contributed by atoms with Crippen molar-refractivity contribution in [3.63, 3.8) is 0 Å². The molecule has 0 saturated heterocycles. The summed E-state index contributed by atoms with van der Waals surface area (Å²) < 4.78 is 8.06. The Hall–Kier alpha value is -4.18. The highest BCUT2D eigenvalue weighted by atomic mass is 16.5. The Morgan fingerprint density at radius 3 is 1.53 bits per heavy atom. The number of benzene rings is 3. The molecule has 0 aliphatic carbocycles. The van der Waals surface area contributed by atoms with E-state index >= 15 is 0 Å². The second kappa shape index (κ2) is 10.9. The molecule has 0 aliphatic heterocycles. The lowest BCUT2D eigenvalue weighted by molar-refractivity contribution is 0.415. The third-order valence-electron chi connectivity index (χ3n) is 9.51. The van der Waals surface area contributed by atoms with Crippen molar-refractivity contribution >= 4 is 27.5 Å². The maximum Gasteiger partial charge on any atom is 0.147 e. The number of fused-ring (bicyclic) bond motifs is 6. The van der Waals surface area contributed by atoms with Crippen molar-refractivity contribution in [2.75, 3.05) is 7.11 Å². The van der Waals surface area contributed by atoms with E-state index in [1.807, 2.05) is 18.3 Å². The maximum absolute atomic E-state index is 5.75. The van der Waals surface area contributed by atoms with E-state index in [0.717, 1.165) is 55.7 Å². The van der Waals surface area contributed by atoms with Crippen molar-refractivity contribution in [2.24, 2.45) is 0 Å². The third kappa shape index (κ3) is 5.92. The van der Waals surface area contributed by atoms with E-state index < -0.39 is 0 Å². The zero-order valence-corrected chi connectivity index (χ0v) is 30.7. The van der Waals surface area contributed by atoms with Gasteiger partial charge >= 0.3 is 0 Å². The first kappa shape index (κ1) is 32.7. The number of rotatable bonds is 3. The fourth-order valence-corrected chi connectivity index (χ4v) is 6.39. The van der Waals surface area contributed by atoms with Gasteiger partial charge in [-0.2, -0.15) is 0 Å². The van der Waals surface area contributed by atoms with Crippen LogP contribution >= 0.6 is 0 Å². The summed E-state index contributed by atoms with van der Waals surface area (Å²) in [6.45, 7) is 27.6. The standard InChI is InChI=1S/C43H51N3O/c1-40(2,3)28-19-26(20-29(23-28)41(4,5)6)36-37(27-21-30(42(7,8)9)24-31(22-27)43(10,11)12)46-38-34(15-14-18-44-38)33-17-16-32(47-13)25-35(33)39(46)45-36/h14-25H,1-13H3. The number of nitrogens with zero attached hydrogens (tertiary/aromatic N) is 3. The van der Waals surface area contributed by atoms with Crippen LogP contribution in [-0.4, -0.2) is 21.5 Å². The molecule has 4 heteroatoms. The number of hydrogen-bond acceptors (Lipinski definition) is 3. The second-order valence-electron chi connectivity index (χ2n) is 17.4. The molecule has 3 aromatic heterocycles. The molecular formula is C43H51N3O. The number of aromatic nitrogens is 3. The second-order valence-corrected chi connectivity index (χ2v) is 17.4. The highest BCUT2D eigenvalue weighted by molar-refractivity contribution is 6.12. The van der Waals surface area contributed by atoms with Gasteiger partial charge in [0.15, 0.2) is 0 Å². The average molecular weight is 626 g/mol. The molecule has 0 radical (unpaired) electrons. The van der Waals surface area contributed by atoms with Crippen molar-refractivity contribution < 1.29 is 4.74 Å². The average Bonchev–Trinajstić information content (AvgIpc) is 3.40. The van der Waals surface area contributed by atoms with Crippen LogP contribution in [0.3, 0.4) is 0 Å². The van der Waals surface area contributed by atoms with Crippen LogP contribution in [0.2, 0.25) is 0 Å². The number of ether oxygens (including phenoxy) is 1. The van der Waals surface area contributed by atoms with Gasteiger partial charge in [0.2, 0.25) is 0 Å². The van der Waals surface area contributed by atoms with E-state index in [0.29, 0.717) is 0 Å². The van der Waals surface area contributed by atoms with Crippen molar-refractivity contribution in [3.8, 4) is 28.3 Å². The first-order valence-electron chi connectivity index (χ1n) is 16.9. The van der Waals surface area contributed by atoms with Crippen molar-refractivity contribution in [1.29, 1.82) is 0 Å². The molecular weight excluding hydrogens is 574 g/mol. The third-order valence-corrected chi connectivity index (χ3v) is 9.51. The smallest absolute Gasteiger partial charge is 0.147 e. The molecule has 0 amide bonds. The summed E-state index contributed by atoms with van der Waals surface area (Å²) in [7, 11) is 1.72. The van der Waals surface area contributed by atoms with Crippen molar-refractivity contribution in [3.05, 3.63) is 95.2 Å². The number of imidazole rings is 1. The number of hydrogen-bond donors (Lipinski definition) is 0. The van der Waals surface area contributed by atoms with E-state index in [4.69, 9.17) is 14.7 Å². The Balaban J connectivity index is 1.88. The summed E-state index contributed by atoms with van der Waals surface area (Å²) in [6, 6.07) is 24.7. The zero-order valence-electron chi connectivity index (χ0n) is 30.7. The summed E-state index contributed by atoms with van der Waals surface area (Å²) in [5.74, 6) is 0.809. The van der Waals surface area contributed by atoms with Gasteiger partial charge in [-0.3, -0.25) is 4.40 Å². The summed E-state index contributed by atoms with van der Waals surface area (Å²) in [4.78, 5) is 10.7. The normalized spacial score (nSPS) is 13.2. The molecule has 3 heterocycles. The van der Waals surface area contributed by atoms with E-state index in [2.05, 4.69) is 142 Å². The molecule has 47 heavy (non-hydrogen) atoms. The molecule has 0 N–H and O–H groups in total. The van der Waals surface area contributed by atoms with Gasteiger partial charge in [-0.25, -0.2) is 9.97 Å². The van der Waals surface area contributed by atoms with E-state index in [1.54, 1.807) is 7.11 Å². The molecule has 244 valence electrons. The molecule has 3 aromatic carbocycles. The largest absolute Gasteiger partial charge is 0.497 e. The highest BCUT2D eigenvalue weighted by Gasteiger charge is 2.28. The number of methoxy groups -OCH3 is 1. The minimum absolute atomic E-state index is 0.0325. The minimum atomic E-state index is -0.0391. The summed E-state index contributed by atoms with van der Waals surface area (Å²) in [5, 5.41) is 3.25. The molecule has 0 atom stereocenters. The van der Waals surface area contributed by atoms with Crippen LogP contribution in [0.15, 0.2) is 72.9 Å². The lowest BCUT2D eigenvalue weighted by Crippen LogP contribution is -2.17. The fourth-order valence-electron chi connectivity index (χ4n) is 6.39. The maximum atomic E-state index is 5.75. The SMILES string of the molecule is COc1ccc2c3cccnc3n3c(-c4cc(C(C)(C)C)cc(C(C)(C)C)c4)c(-c4cc(C(C)(C)C)cc(C(C)(C)C)c4)nc3c2c1. The molecule has 0 bridgehead atoms. The van der Waals surface area contributed by atoms with Gasteiger partial charge in [-0.05, 0) is 104 Å². The minimum Gasteiger partial charge on any atom is -0.497 e. The van der Waals surface area contributed by atoms with Gasteiger partial charge in [0.05, 0.1) is 18.5 Å². The molecule has 4 nitrogen and oxygen atoms in total. The van der Waals surface area contributed by atoms with Crippen LogP contribution in [-0.2, 0) is 21.7 Å². The highest BCUT2D eigenvalue weighted by Crippen LogP contribution is 2.43. The lowest BCUT2D eigenvalue weighted by Gasteiger charge is -2.27. The van der Waals surface area contributed by atoms with Gasteiger partial charge in [0.25, 0.3) is 0 Å². The fraction of sp³-hybridized carbons (Fsp3) is 0.395. The Labute approximate surface area is 281 Å². The zero-order chi connectivity index (χ0) is 34.3. The van der Waals surface area contributed by atoms with Gasteiger partial charge < -0.3 is 4.74 Å². The van der Waals surface area contributed by atoms with Crippen LogP contribution in [0.4, 0.5) is 0 Å². The summed E-state index contributed by atoms with van der Waals surface area (Å²) in [5.41, 5.74) is 11.2. The predicted octanol–water partition coefficient (Wildman–Crippen LogP) is 11.6. The Bertz CT molecular complexity index is 2090. The van der Waals surface area contributed by atoms with Crippen LogP contribution in [0.5, 0.6) is 5.75 Å². The monoisotopic (exact) mass is 625 g/mol. The van der Waals surface area contributed by atoms with Gasteiger partial charge in [0.1, 0.15) is 17.0 Å². The Morgan fingerprint density at radius 2 is 1.04 bits per heavy atom. The van der Waals surface area contributed by atoms with Gasteiger partial charge in [-0.1, -0.05) is 95.2 Å². The predicted molar refractivity (Wildman–Crippen MR) is 200 cm³/mol. The van der Waals surface area contributed by atoms with Crippen molar-refractivity contribution in [1.82, 2.24) is 14.4 Å². The van der Waals surface area contributed by atoms with E-state index in [-0.39, 0.29) is 21.7 Å². The molecule has 0 unspecified atom stereocenters. The van der Waals surface area contributed by atoms with E-state index in [9.17, 15) is 0 Å². The molecule has 0 saturated carbocycles. The summed E-state index contributed by atoms with van der Waals surface area (Å²) in [6.07, 6.45) is 1.89. The van der Waals surface area contributed by atoms with Crippen LogP contribution in [0, 0.1) is 0 Å². The Morgan fingerprint density at radius 1 is 0.532 bits per heavy atom. The first-order valence-corrected chi connectivity index (χ1v) is 16.9. The Kier molecular flexibility index (Phi) is 7.62. The molecule has 0 aliphatic rings. The van der Waals surface area contributed by atoms with E-state index in [1.165, 1.54) is 22.3 Å². The summed E-state index contributed by atoms with van der Waals surface area (Å²) >= 11 is 0. The van der Waals surface area contributed by atoms with Crippen molar-refractivity contribution in [2.45, 2.75) is 105 Å². The van der Waals surface area contributed by atoms with Gasteiger partial charge in [-0.15, -0.1) is 0 Å². The first-order chi connectivity index (χ1) is 21.8. The molecule has 6 rings (SSSR count). The quantitative estimate of drug-likeness (QED) is 0.184. The van der Waals surface area contributed by atoms with Crippen LogP contribution < -0.4 is 4.74 Å². The molecule has 0 fully saturated rings. The van der Waals surface area contributed by atoms with Crippen LogP contribution in [0.25, 0.3) is 50.0 Å². The topological polar surface area (TPSA) is 39.4 Å². The number of pyridine rings is 2. The molecule has 6 aromatic rings. The lowest BCUT2D eigenvalue weighted by atomic mass is 9.78. The molecule has 0 spiro atoms.